The molecule has 1 fully saturated rings. The first-order valence-corrected chi connectivity index (χ1v) is 7.63. The Kier molecular flexibility index (Phi) is 4.12. The Bertz CT molecular complexity index is 692. The van der Waals surface area contributed by atoms with Gasteiger partial charge in [-0.2, -0.15) is 0 Å². The van der Waals surface area contributed by atoms with Crippen LogP contribution in [0.3, 0.4) is 0 Å². The predicted octanol–water partition coefficient (Wildman–Crippen LogP) is 1.78. The van der Waals surface area contributed by atoms with Crippen LogP contribution in [-0.2, 0) is 0 Å². The molecule has 2 aromatic rings. The molecule has 0 aliphatic heterocycles. The molecule has 7 heteroatoms. The van der Waals surface area contributed by atoms with Crippen molar-refractivity contribution in [2.75, 3.05) is 13.6 Å². The van der Waals surface area contributed by atoms with E-state index in [2.05, 4.69) is 10.3 Å². The fourth-order valence-electron chi connectivity index (χ4n) is 2.98. The third kappa shape index (κ3) is 3.39. The zero-order chi connectivity index (χ0) is 16.4. The number of benzene rings is 1. The first-order valence-electron chi connectivity index (χ1n) is 7.63. The quantitative estimate of drug-likeness (QED) is 0.933. The summed E-state index contributed by atoms with van der Waals surface area (Å²) < 4.78 is 14.4. The van der Waals surface area contributed by atoms with Gasteiger partial charge in [-0.1, -0.05) is 18.1 Å². The molecule has 0 saturated heterocycles. The Balaban J connectivity index is 1.71. The molecule has 1 amide bonds. The molecule has 6 nitrogen and oxygen atoms in total. The van der Waals surface area contributed by atoms with E-state index in [1.165, 1.54) is 27.9 Å². The fraction of sp³-hybridized carbons (Fsp3) is 0.438. The Morgan fingerprint density at radius 3 is 2.65 bits per heavy atom. The fourth-order valence-corrected chi connectivity index (χ4v) is 2.98. The van der Waals surface area contributed by atoms with Gasteiger partial charge in [-0.15, -0.1) is 5.10 Å². The number of hydrogen-bond acceptors (Lipinski definition) is 4. The highest BCUT2D eigenvalue weighted by atomic mass is 19.1. The summed E-state index contributed by atoms with van der Waals surface area (Å²) in [5.74, 6) is -0.631. The maximum absolute atomic E-state index is 12.9. The second kappa shape index (κ2) is 6.08. The van der Waals surface area contributed by atoms with Crippen LogP contribution in [0.1, 0.15) is 36.2 Å². The van der Waals surface area contributed by atoms with Crippen molar-refractivity contribution in [1.29, 1.82) is 0 Å². The first kappa shape index (κ1) is 15.6. The third-order valence-electron chi connectivity index (χ3n) is 4.22. The monoisotopic (exact) mass is 318 g/mol. The van der Waals surface area contributed by atoms with Crippen molar-refractivity contribution < 1.29 is 14.3 Å². The minimum Gasteiger partial charge on any atom is -0.388 e. The molecular weight excluding hydrogens is 299 g/mol. The van der Waals surface area contributed by atoms with Crippen LogP contribution in [0.15, 0.2) is 30.5 Å². The Morgan fingerprint density at radius 1 is 1.35 bits per heavy atom. The lowest BCUT2D eigenvalue weighted by atomic mass is 10.0. The van der Waals surface area contributed by atoms with Crippen molar-refractivity contribution in [1.82, 2.24) is 19.9 Å². The molecule has 1 N–H and O–H groups in total. The number of halogens is 1. The van der Waals surface area contributed by atoms with Crippen LogP contribution in [0.5, 0.6) is 0 Å². The zero-order valence-corrected chi connectivity index (χ0v) is 12.9. The molecule has 1 heterocycles. The van der Waals surface area contributed by atoms with E-state index in [0.717, 1.165) is 12.8 Å². The maximum atomic E-state index is 12.9. The summed E-state index contributed by atoms with van der Waals surface area (Å²) in [6, 6.07) is 5.76. The van der Waals surface area contributed by atoms with Gasteiger partial charge in [0.05, 0.1) is 17.5 Å². The Labute approximate surface area is 133 Å². The van der Waals surface area contributed by atoms with Crippen molar-refractivity contribution in [2.24, 2.45) is 0 Å². The van der Waals surface area contributed by atoms with Crippen LogP contribution in [0.25, 0.3) is 5.69 Å². The van der Waals surface area contributed by atoms with Gasteiger partial charge in [0, 0.05) is 13.6 Å². The molecule has 0 radical (unpaired) electrons. The molecule has 1 aliphatic carbocycles. The number of likely N-dealkylation sites (N-methyl/N-ethyl adjacent to an activating group) is 1. The van der Waals surface area contributed by atoms with Crippen LogP contribution in [0.2, 0.25) is 0 Å². The lowest BCUT2D eigenvalue weighted by molar-refractivity contribution is 0.0155. The normalized spacial score (nSPS) is 16.5. The molecule has 1 aromatic heterocycles. The van der Waals surface area contributed by atoms with Crippen molar-refractivity contribution in [3.05, 3.63) is 42.0 Å². The van der Waals surface area contributed by atoms with Gasteiger partial charge in [0.25, 0.3) is 5.91 Å². The first-order chi connectivity index (χ1) is 11.0. The van der Waals surface area contributed by atoms with Crippen molar-refractivity contribution in [2.45, 2.75) is 31.3 Å². The van der Waals surface area contributed by atoms with Crippen LogP contribution < -0.4 is 0 Å². The van der Waals surface area contributed by atoms with Gasteiger partial charge >= 0.3 is 0 Å². The maximum Gasteiger partial charge on any atom is 0.275 e. The molecule has 0 bridgehead atoms. The van der Waals surface area contributed by atoms with E-state index in [0.29, 0.717) is 18.5 Å². The third-order valence-corrected chi connectivity index (χ3v) is 4.22. The van der Waals surface area contributed by atoms with Crippen LogP contribution >= 0.6 is 0 Å². The summed E-state index contributed by atoms with van der Waals surface area (Å²) >= 11 is 0. The standard InChI is InChI=1S/C16H19FN4O2/c1-20(11-16(23)8-2-3-9-16)15(22)14-10-21(19-18-14)13-6-4-12(17)5-7-13/h4-7,10,23H,2-3,8-9,11H2,1H3. The van der Waals surface area contributed by atoms with Gasteiger partial charge in [0.2, 0.25) is 0 Å². The SMILES string of the molecule is CN(CC1(O)CCCC1)C(=O)c1cn(-c2ccc(F)cc2)nn1. The largest absolute Gasteiger partial charge is 0.388 e. The zero-order valence-electron chi connectivity index (χ0n) is 12.9. The Hall–Kier alpha value is -2.28. The molecule has 0 unspecified atom stereocenters. The van der Waals surface area contributed by atoms with Crippen molar-refractivity contribution >= 4 is 5.91 Å². The minimum atomic E-state index is -0.794. The number of carbonyl (C=O) groups is 1. The number of hydrogen-bond donors (Lipinski definition) is 1. The van der Waals surface area contributed by atoms with Gasteiger partial charge in [-0.25, -0.2) is 9.07 Å². The molecule has 1 aliphatic rings. The predicted molar refractivity (Wildman–Crippen MR) is 81.7 cm³/mol. The summed E-state index contributed by atoms with van der Waals surface area (Å²) in [7, 11) is 1.65. The van der Waals surface area contributed by atoms with Gasteiger partial charge in [0.15, 0.2) is 5.69 Å². The summed E-state index contributed by atoms with van der Waals surface area (Å²) in [6.07, 6.45) is 4.91. The van der Waals surface area contributed by atoms with E-state index in [-0.39, 0.29) is 24.0 Å². The second-order valence-corrected chi connectivity index (χ2v) is 6.12. The van der Waals surface area contributed by atoms with E-state index < -0.39 is 5.60 Å². The van der Waals surface area contributed by atoms with E-state index in [1.807, 2.05) is 0 Å². The molecule has 1 aromatic carbocycles. The van der Waals surface area contributed by atoms with E-state index in [9.17, 15) is 14.3 Å². The highest BCUT2D eigenvalue weighted by Gasteiger charge is 2.34. The summed E-state index contributed by atoms with van der Waals surface area (Å²) in [5, 5.41) is 18.2. The molecular formula is C16H19FN4O2. The van der Waals surface area contributed by atoms with E-state index in [1.54, 1.807) is 19.2 Å². The minimum absolute atomic E-state index is 0.193. The summed E-state index contributed by atoms with van der Waals surface area (Å²) in [4.78, 5) is 13.9. The molecule has 0 atom stereocenters. The number of rotatable bonds is 4. The lowest BCUT2D eigenvalue weighted by Gasteiger charge is -2.28. The van der Waals surface area contributed by atoms with Crippen LogP contribution in [0, 0.1) is 5.82 Å². The average molecular weight is 318 g/mol. The average Bonchev–Trinajstić information content (AvgIpc) is 3.16. The van der Waals surface area contributed by atoms with Crippen LogP contribution in [0.4, 0.5) is 4.39 Å². The number of aliphatic hydroxyl groups is 1. The molecule has 23 heavy (non-hydrogen) atoms. The van der Waals surface area contributed by atoms with E-state index in [4.69, 9.17) is 0 Å². The van der Waals surface area contributed by atoms with Gasteiger partial charge in [0.1, 0.15) is 5.82 Å². The number of aromatic nitrogens is 3. The number of carbonyl (C=O) groups excluding carboxylic acids is 1. The van der Waals surface area contributed by atoms with Gasteiger partial charge in [-0.3, -0.25) is 4.79 Å². The second-order valence-electron chi connectivity index (χ2n) is 6.12. The highest BCUT2D eigenvalue weighted by Crippen LogP contribution is 2.30. The summed E-state index contributed by atoms with van der Waals surface area (Å²) in [6.45, 7) is 0.287. The number of amides is 1. The van der Waals surface area contributed by atoms with Crippen molar-refractivity contribution in [3.63, 3.8) is 0 Å². The number of nitrogens with zero attached hydrogens (tertiary/aromatic N) is 4. The smallest absolute Gasteiger partial charge is 0.275 e. The van der Waals surface area contributed by atoms with E-state index >= 15 is 0 Å². The van der Waals surface area contributed by atoms with Gasteiger partial charge < -0.3 is 10.0 Å². The molecule has 0 spiro atoms. The lowest BCUT2D eigenvalue weighted by Crippen LogP contribution is -2.42. The molecule has 3 rings (SSSR count). The van der Waals surface area contributed by atoms with Crippen molar-refractivity contribution in [3.8, 4) is 5.69 Å². The molecule has 122 valence electrons. The van der Waals surface area contributed by atoms with Gasteiger partial charge in [-0.05, 0) is 37.1 Å². The molecule has 1 saturated carbocycles. The summed E-state index contributed by atoms with van der Waals surface area (Å²) in [5.41, 5.74) is 0.0191. The van der Waals surface area contributed by atoms with Crippen LogP contribution in [-0.4, -0.2) is 50.1 Å². The topological polar surface area (TPSA) is 71.2 Å². The Morgan fingerprint density at radius 2 is 2.00 bits per heavy atom. The highest BCUT2D eigenvalue weighted by molar-refractivity contribution is 5.91.